The Labute approximate surface area is 82.3 Å². The third-order valence-corrected chi connectivity index (χ3v) is 2.30. The zero-order chi connectivity index (χ0) is 10.6. The molecule has 0 saturated heterocycles. The number of hydrogen-bond donors (Lipinski definition) is 1. The van der Waals surface area contributed by atoms with Crippen LogP contribution in [0.4, 0.5) is 8.78 Å². The Balaban J connectivity index is 2.82. The molecule has 0 aliphatic carbocycles. The number of alkyl halides is 2. The van der Waals surface area contributed by atoms with Crippen LogP contribution >= 0.6 is 0 Å². The predicted octanol–water partition coefficient (Wildman–Crippen LogP) is 2.76. The maximum absolute atomic E-state index is 12.9. The Hall–Kier alpha value is -0.900. The number of halogens is 2. The van der Waals surface area contributed by atoms with Crippen molar-refractivity contribution >= 4 is 0 Å². The van der Waals surface area contributed by atoms with E-state index in [9.17, 15) is 8.78 Å². The molecule has 0 aliphatic rings. The molecule has 0 radical (unpaired) electrons. The minimum atomic E-state index is -2.45. The van der Waals surface area contributed by atoms with E-state index in [2.05, 4.69) is 5.32 Å². The van der Waals surface area contributed by atoms with Crippen LogP contribution in [0.2, 0.25) is 0 Å². The summed E-state index contributed by atoms with van der Waals surface area (Å²) >= 11 is 0. The summed E-state index contributed by atoms with van der Waals surface area (Å²) in [5.41, 5.74) is -0.816. The molecule has 0 aromatic carbocycles. The zero-order valence-corrected chi connectivity index (χ0v) is 8.39. The van der Waals surface area contributed by atoms with Gasteiger partial charge in [-0.2, -0.15) is 0 Å². The predicted molar refractivity (Wildman–Crippen MR) is 50.4 cm³/mol. The van der Waals surface area contributed by atoms with E-state index in [0.717, 1.165) is 6.42 Å². The van der Waals surface area contributed by atoms with Gasteiger partial charge >= 0.3 is 0 Å². The molecule has 1 aromatic heterocycles. The van der Waals surface area contributed by atoms with Gasteiger partial charge in [0.2, 0.25) is 0 Å². The van der Waals surface area contributed by atoms with Crippen LogP contribution in [-0.4, -0.2) is 13.0 Å². The van der Waals surface area contributed by atoms with Crippen molar-refractivity contribution in [2.24, 2.45) is 0 Å². The lowest BCUT2D eigenvalue weighted by molar-refractivity contribution is 0.0381. The average Bonchev–Trinajstić information content (AvgIpc) is 2.66. The maximum atomic E-state index is 12.9. The molecule has 0 saturated carbocycles. The normalized spacial score (nSPS) is 15.8. The summed E-state index contributed by atoms with van der Waals surface area (Å²) in [5.74, 6) is 0. The number of hydrogen-bond acceptors (Lipinski definition) is 2. The monoisotopic (exact) mass is 203 g/mol. The average molecular weight is 203 g/mol. The van der Waals surface area contributed by atoms with Crippen molar-refractivity contribution in [2.45, 2.75) is 32.2 Å². The lowest BCUT2D eigenvalue weighted by Gasteiger charge is -2.28. The standard InChI is InChI=1S/C10H15F2NO/c1-3-5-13-10(2,9(11)12)8-4-6-14-7-8/h4,6-7,9,13H,3,5H2,1-2H3. The number of nitrogens with one attached hydrogen (secondary N) is 1. The van der Waals surface area contributed by atoms with E-state index in [4.69, 9.17) is 4.42 Å². The highest BCUT2D eigenvalue weighted by Crippen LogP contribution is 2.28. The van der Waals surface area contributed by atoms with Gasteiger partial charge in [0, 0.05) is 5.56 Å². The number of rotatable bonds is 5. The molecule has 1 rings (SSSR count). The third kappa shape index (κ3) is 2.12. The second-order valence-electron chi connectivity index (χ2n) is 3.44. The van der Waals surface area contributed by atoms with E-state index in [1.54, 1.807) is 6.07 Å². The third-order valence-electron chi connectivity index (χ3n) is 2.30. The van der Waals surface area contributed by atoms with Crippen molar-refractivity contribution in [1.29, 1.82) is 0 Å². The van der Waals surface area contributed by atoms with Gasteiger partial charge in [0.1, 0.15) is 5.54 Å². The fourth-order valence-electron chi connectivity index (χ4n) is 1.25. The van der Waals surface area contributed by atoms with E-state index in [0.29, 0.717) is 12.1 Å². The van der Waals surface area contributed by atoms with E-state index >= 15 is 0 Å². The summed E-state index contributed by atoms with van der Waals surface area (Å²) in [6.45, 7) is 3.98. The fraction of sp³-hybridized carbons (Fsp3) is 0.600. The van der Waals surface area contributed by atoms with Crippen LogP contribution in [0.5, 0.6) is 0 Å². The molecule has 2 nitrogen and oxygen atoms in total. The molecular formula is C10H15F2NO. The zero-order valence-electron chi connectivity index (χ0n) is 8.39. The van der Waals surface area contributed by atoms with Gasteiger partial charge < -0.3 is 9.73 Å². The summed E-state index contributed by atoms with van der Waals surface area (Å²) in [4.78, 5) is 0. The highest BCUT2D eigenvalue weighted by atomic mass is 19.3. The van der Waals surface area contributed by atoms with Crippen molar-refractivity contribution in [3.8, 4) is 0 Å². The van der Waals surface area contributed by atoms with Crippen molar-refractivity contribution in [3.05, 3.63) is 24.2 Å². The van der Waals surface area contributed by atoms with E-state index in [1.807, 2.05) is 6.92 Å². The molecule has 80 valence electrons. The first kappa shape index (κ1) is 11.2. The fourth-order valence-corrected chi connectivity index (χ4v) is 1.25. The van der Waals surface area contributed by atoms with Crippen molar-refractivity contribution in [1.82, 2.24) is 5.32 Å². The molecule has 0 bridgehead atoms. The molecule has 0 spiro atoms. The summed E-state index contributed by atoms with van der Waals surface area (Å²) in [7, 11) is 0. The van der Waals surface area contributed by atoms with Gasteiger partial charge in [0.05, 0.1) is 12.5 Å². The summed E-state index contributed by atoms with van der Waals surface area (Å²) in [5, 5.41) is 2.84. The molecule has 0 aliphatic heterocycles. The molecule has 1 unspecified atom stereocenters. The van der Waals surface area contributed by atoms with Crippen LogP contribution in [0.15, 0.2) is 23.0 Å². The highest BCUT2D eigenvalue weighted by Gasteiger charge is 2.36. The number of furan rings is 1. The molecule has 0 amide bonds. The molecular weight excluding hydrogens is 188 g/mol. The largest absolute Gasteiger partial charge is 0.472 e. The van der Waals surface area contributed by atoms with Crippen molar-refractivity contribution in [2.75, 3.05) is 6.54 Å². The first-order valence-corrected chi connectivity index (χ1v) is 4.67. The Morgan fingerprint density at radius 2 is 2.29 bits per heavy atom. The van der Waals surface area contributed by atoms with Gasteiger partial charge in [-0.05, 0) is 26.0 Å². The van der Waals surface area contributed by atoms with Crippen LogP contribution < -0.4 is 5.32 Å². The lowest BCUT2D eigenvalue weighted by atomic mass is 9.95. The van der Waals surface area contributed by atoms with E-state index < -0.39 is 12.0 Å². The van der Waals surface area contributed by atoms with Gasteiger partial charge in [-0.1, -0.05) is 6.92 Å². The van der Waals surface area contributed by atoms with Crippen LogP contribution in [-0.2, 0) is 5.54 Å². The maximum Gasteiger partial charge on any atom is 0.260 e. The van der Waals surface area contributed by atoms with Gasteiger partial charge in [-0.3, -0.25) is 0 Å². The molecule has 1 N–H and O–H groups in total. The van der Waals surface area contributed by atoms with E-state index in [-0.39, 0.29) is 0 Å². The van der Waals surface area contributed by atoms with Crippen molar-refractivity contribution in [3.63, 3.8) is 0 Å². The Bertz CT molecular complexity index is 261. The van der Waals surface area contributed by atoms with Gasteiger partial charge in [-0.25, -0.2) is 8.78 Å². The molecule has 0 fully saturated rings. The van der Waals surface area contributed by atoms with Crippen molar-refractivity contribution < 1.29 is 13.2 Å². The van der Waals surface area contributed by atoms with E-state index in [1.165, 1.54) is 19.5 Å². The topological polar surface area (TPSA) is 25.2 Å². The minimum Gasteiger partial charge on any atom is -0.472 e. The second kappa shape index (κ2) is 4.55. The summed E-state index contributed by atoms with van der Waals surface area (Å²) in [6.07, 6.45) is 1.13. The summed E-state index contributed by atoms with van der Waals surface area (Å²) in [6, 6.07) is 1.56. The smallest absolute Gasteiger partial charge is 0.260 e. The van der Waals surface area contributed by atoms with Gasteiger partial charge in [-0.15, -0.1) is 0 Å². The first-order chi connectivity index (χ1) is 6.61. The lowest BCUT2D eigenvalue weighted by Crippen LogP contribution is -2.45. The molecule has 1 aromatic rings. The highest BCUT2D eigenvalue weighted by molar-refractivity contribution is 5.19. The molecule has 4 heteroatoms. The van der Waals surface area contributed by atoms with Crippen LogP contribution in [0.25, 0.3) is 0 Å². The summed E-state index contributed by atoms with van der Waals surface area (Å²) < 4.78 is 30.5. The van der Waals surface area contributed by atoms with Crippen LogP contribution in [0.1, 0.15) is 25.8 Å². The van der Waals surface area contributed by atoms with Crippen LogP contribution in [0, 0.1) is 0 Å². The molecule has 14 heavy (non-hydrogen) atoms. The molecule has 1 atom stereocenters. The van der Waals surface area contributed by atoms with Gasteiger partial charge in [0.15, 0.2) is 0 Å². The SMILES string of the molecule is CCCNC(C)(c1ccoc1)C(F)F. The Kier molecular flexibility index (Phi) is 3.63. The first-order valence-electron chi connectivity index (χ1n) is 4.67. The minimum absolute atomic E-state index is 0.487. The van der Waals surface area contributed by atoms with Crippen LogP contribution in [0.3, 0.4) is 0 Å². The molecule has 1 heterocycles. The second-order valence-corrected chi connectivity index (χ2v) is 3.44. The quantitative estimate of drug-likeness (QED) is 0.796. The Morgan fingerprint density at radius 3 is 2.71 bits per heavy atom. The van der Waals surface area contributed by atoms with Gasteiger partial charge in [0.25, 0.3) is 6.43 Å². The Morgan fingerprint density at radius 1 is 1.57 bits per heavy atom.